The summed E-state index contributed by atoms with van der Waals surface area (Å²) in [5, 5.41) is 0. The van der Waals surface area contributed by atoms with Gasteiger partial charge in [-0.1, -0.05) is 13.8 Å². The Morgan fingerprint density at radius 3 is 2.82 bits per heavy atom. The van der Waals surface area contributed by atoms with E-state index in [1.165, 1.54) is 0 Å². The predicted molar refractivity (Wildman–Crippen MR) is 106 cm³/mol. The molecule has 1 saturated carbocycles. The molecule has 4 heterocycles. The van der Waals surface area contributed by atoms with Gasteiger partial charge in [0.25, 0.3) is 5.91 Å². The molecule has 0 bridgehead atoms. The highest BCUT2D eigenvalue weighted by Gasteiger charge is 2.57. The van der Waals surface area contributed by atoms with Crippen LogP contribution >= 0.6 is 0 Å². The Morgan fingerprint density at radius 1 is 1.25 bits per heavy atom. The summed E-state index contributed by atoms with van der Waals surface area (Å²) < 4.78 is 16.7. The van der Waals surface area contributed by atoms with Gasteiger partial charge in [-0.2, -0.15) is 0 Å². The molecule has 2 aliphatic heterocycles. The van der Waals surface area contributed by atoms with Gasteiger partial charge in [0.1, 0.15) is 5.54 Å². The molecule has 1 saturated heterocycles. The second-order valence-electron chi connectivity index (χ2n) is 8.92. The average molecular weight is 382 g/mol. The predicted octanol–water partition coefficient (Wildman–Crippen LogP) is 3.67. The SMILES string of the molecule is CC(C)CCN1c2cccnc2-n2cccc2[C@]12CCN(C(=O)C1(F)CC1)C2. The van der Waals surface area contributed by atoms with Gasteiger partial charge in [-0.15, -0.1) is 0 Å². The van der Waals surface area contributed by atoms with E-state index >= 15 is 0 Å². The Morgan fingerprint density at radius 2 is 2.07 bits per heavy atom. The number of fused-ring (bicyclic) bond motifs is 4. The third-order valence-electron chi connectivity index (χ3n) is 6.56. The van der Waals surface area contributed by atoms with Crippen molar-refractivity contribution in [1.29, 1.82) is 0 Å². The first-order chi connectivity index (χ1) is 13.4. The van der Waals surface area contributed by atoms with E-state index in [1.807, 2.05) is 24.5 Å². The van der Waals surface area contributed by atoms with Gasteiger partial charge in [-0.05, 0) is 55.9 Å². The monoisotopic (exact) mass is 382 g/mol. The number of alkyl halides is 1. The lowest BCUT2D eigenvalue weighted by Gasteiger charge is -2.47. The Labute approximate surface area is 165 Å². The van der Waals surface area contributed by atoms with Crippen LogP contribution < -0.4 is 4.90 Å². The van der Waals surface area contributed by atoms with Crippen LogP contribution in [0.25, 0.3) is 5.82 Å². The van der Waals surface area contributed by atoms with Crippen molar-refractivity contribution in [2.24, 2.45) is 5.92 Å². The van der Waals surface area contributed by atoms with Crippen LogP contribution in [0.15, 0.2) is 36.7 Å². The maximum atomic E-state index is 14.5. The standard InChI is InChI=1S/C22H27FN4O/c1-16(2)7-13-27-17-5-3-11-24-19(17)26-12-4-6-18(26)22(27)10-14-25(15-22)20(28)21(23)8-9-21/h3-6,11-12,16H,7-10,13-15H2,1-2H3/t22-/m1/s1. The quantitative estimate of drug-likeness (QED) is 0.810. The molecule has 28 heavy (non-hydrogen) atoms. The van der Waals surface area contributed by atoms with Gasteiger partial charge in [-0.3, -0.25) is 4.79 Å². The van der Waals surface area contributed by atoms with E-state index in [-0.39, 0.29) is 11.4 Å². The lowest BCUT2D eigenvalue weighted by Crippen LogP contribution is -2.53. The largest absolute Gasteiger partial charge is 0.355 e. The Kier molecular flexibility index (Phi) is 3.83. The molecule has 0 N–H and O–H groups in total. The number of carbonyl (C=O) groups excluding carboxylic acids is 1. The number of nitrogens with zero attached hydrogens (tertiary/aromatic N) is 4. The molecule has 1 amide bonds. The van der Waals surface area contributed by atoms with Crippen molar-refractivity contribution < 1.29 is 9.18 Å². The first kappa shape index (κ1) is 17.7. The molecule has 0 unspecified atom stereocenters. The van der Waals surface area contributed by atoms with Gasteiger partial charge < -0.3 is 14.4 Å². The van der Waals surface area contributed by atoms with E-state index in [4.69, 9.17) is 0 Å². The van der Waals surface area contributed by atoms with Crippen LogP contribution in [0, 0.1) is 5.92 Å². The smallest absolute Gasteiger partial charge is 0.260 e. The minimum atomic E-state index is -1.61. The fraction of sp³-hybridized carbons (Fsp3) is 0.545. The second kappa shape index (κ2) is 6.06. The van der Waals surface area contributed by atoms with Gasteiger partial charge >= 0.3 is 0 Å². The summed E-state index contributed by atoms with van der Waals surface area (Å²) in [6, 6.07) is 8.28. The number of anilines is 1. The third kappa shape index (κ3) is 2.50. The van der Waals surface area contributed by atoms with Crippen molar-refractivity contribution in [2.75, 3.05) is 24.5 Å². The first-order valence-electron chi connectivity index (χ1n) is 10.3. The number of hydrogen-bond donors (Lipinski definition) is 0. The summed E-state index contributed by atoms with van der Waals surface area (Å²) in [6.07, 6.45) is 6.48. The number of halogens is 1. The Balaban J connectivity index is 1.58. The number of amides is 1. The molecule has 1 spiro atoms. The van der Waals surface area contributed by atoms with Crippen LogP contribution in [0.2, 0.25) is 0 Å². The fourth-order valence-electron chi connectivity index (χ4n) is 4.82. The van der Waals surface area contributed by atoms with Gasteiger partial charge in [0.15, 0.2) is 11.5 Å². The topological polar surface area (TPSA) is 41.4 Å². The maximum Gasteiger partial charge on any atom is 0.260 e. The average Bonchev–Trinajstić information content (AvgIpc) is 3.10. The minimum Gasteiger partial charge on any atom is -0.355 e. The molecule has 2 aromatic rings. The highest BCUT2D eigenvalue weighted by atomic mass is 19.1. The lowest BCUT2D eigenvalue weighted by molar-refractivity contribution is -0.137. The number of rotatable bonds is 4. The molecule has 3 aliphatic rings. The molecule has 5 nitrogen and oxygen atoms in total. The highest BCUT2D eigenvalue weighted by Crippen LogP contribution is 2.49. The molecular formula is C22H27FN4O. The van der Waals surface area contributed by atoms with Crippen molar-refractivity contribution in [2.45, 2.75) is 50.7 Å². The van der Waals surface area contributed by atoms with E-state index in [9.17, 15) is 9.18 Å². The normalized spacial score (nSPS) is 24.6. The summed E-state index contributed by atoms with van der Waals surface area (Å²) in [7, 11) is 0. The number of aromatic nitrogens is 2. The molecule has 0 radical (unpaired) electrons. The third-order valence-corrected chi connectivity index (χ3v) is 6.56. The zero-order valence-electron chi connectivity index (χ0n) is 16.6. The Hall–Kier alpha value is -2.37. The summed E-state index contributed by atoms with van der Waals surface area (Å²) in [5.74, 6) is 1.19. The van der Waals surface area contributed by atoms with Crippen molar-refractivity contribution in [1.82, 2.24) is 14.5 Å². The second-order valence-corrected chi connectivity index (χ2v) is 8.92. The minimum absolute atomic E-state index is 0.316. The molecule has 2 aromatic heterocycles. The van der Waals surface area contributed by atoms with E-state index in [1.54, 1.807) is 4.90 Å². The van der Waals surface area contributed by atoms with Crippen molar-refractivity contribution in [3.63, 3.8) is 0 Å². The number of hydrogen-bond acceptors (Lipinski definition) is 3. The van der Waals surface area contributed by atoms with Gasteiger partial charge in [0.05, 0.1) is 11.4 Å². The summed E-state index contributed by atoms with van der Waals surface area (Å²) in [5.41, 5.74) is 0.323. The van der Waals surface area contributed by atoms with Gasteiger partial charge in [0.2, 0.25) is 0 Å². The van der Waals surface area contributed by atoms with E-state index < -0.39 is 5.67 Å². The zero-order chi connectivity index (χ0) is 19.5. The van der Waals surface area contributed by atoms with Crippen LogP contribution in [0.3, 0.4) is 0 Å². The summed E-state index contributed by atoms with van der Waals surface area (Å²) >= 11 is 0. The number of carbonyl (C=O) groups is 1. The van der Waals surface area contributed by atoms with Gasteiger partial charge in [-0.25, -0.2) is 9.37 Å². The van der Waals surface area contributed by atoms with Crippen molar-refractivity contribution in [3.8, 4) is 5.82 Å². The van der Waals surface area contributed by atoms with Crippen LogP contribution in [0.1, 0.15) is 45.2 Å². The number of pyridine rings is 1. The number of likely N-dealkylation sites (tertiary alicyclic amines) is 1. The maximum absolute atomic E-state index is 14.5. The van der Waals surface area contributed by atoms with Crippen molar-refractivity contribution in [3.05, 3.63) is 42.4 Å². The van der Waals surface area contributed by atoms with E-state index in [0.717, 1.165) is 36.6 Å². The molecular weight excluding hydrogens is 355 g/mol. The van der Waals surface area contributed by atoms with Crippen LogP contribution in [-0.4, -0.2) is 45.7 Å². The van der Waals surface area contributed by atoms with Crippen molar-refractivity contribution >= 4 is 11.6 Å². The molecule has 148 valence electrons. The fourth-order valence-corrected chi connectivity index (χ4v) is 4.82. The molecule has 5 rings (SSSR count). The molecule has 1 aliphatic carbocycles. The molecule has 0 aromatic carbocycles. The van der Waals surface area contributed by atoms with Crippen LogP contribution in [0.5, 0.6) is 0 Å². The summed E-state index contributed by atoms with van der Waals surface area (Å²) in [6.45, 7) is 6.49. The van der Waals surface area contributed by atoms with E-state index in [0.29, 0.717) is 31.8 Å². The van der Waals surface area contributed by atoms with Crippen LogP contribution in [-0.2, 0) is 10.3 Å². The first-order valence-corrected chi connectivity index (χ1v) is 10.3. The lowest BCUT2D eigenvalue weighted by atomic mass is 9.88. The molecule has 1 atom stereocenters. The van der Waals surface area contributed by atoms with Crippen LogP contribution in [0.4, 0.5) is 10.1 Å². The highest BCUT2D eigenvalue weighted by molar-refractivity contribution is 5.88. The summed E-state index contributed by atoms with van der Waals surface area (Å²) in [4.78, 5) is 21.6. The zero-order valence-corrected chi connectivity index (χ0v) is 16.6. The Bertz CT molecular complexity index is 919. The van der Waals surface area contributed by atoms with E-state index in [2.05, 4.69) is 40.4 Å². The molecule has 6 heteroatoms. The van der Waals surface area contributed by atoms with Gasteiger partial charge in [0, 0.05) is 32.0 Å². The molecule has 2 fully saturated rings.